The number of ketones is 1. The summed E-state index contributed by atoms with van der Waals surface area (Å²) in [5, 5.41) is 19.8. The van der Waals surface area contributed by atoms with Crippen LogP contribution < -0.4 is 4.74 Å². The molecule has 2 N–H and O–H groups in total. The summed E-state index contributed by atoms with van der Waals surface area (Å²) < 4.78 is 5.61. The van der Waals surface area contributed by atoms with Gasteiger partial charge in [-0.05, 0) is 52.3 Å². The molecule has 22 heavy (non-hydrogen) atoms. The number of aromatic hydroxyl groups is 2. The van der Waals surface area contributed by atoms with Crippen molar-refractivity contribution >= 4 is 39.4 Å². The lowest BCUT2D eigenvalue weighted by atomic mass is 10.1. The van der Waals surface area contributed by atoms with Crippen molar-refractivity contribution < 1.29 is 19.7 Å². The molecule has 2 aromatic carbocycles. The molecule has 0 amide bonds. The number of ether oxygens (including phenoxy) is 1. The fourth-order valence-corrected chi connectivity index (χ4v) is 2.36. The van der Waals surface area contributed by atoms with Crippen molar-refractivity contribution in [1.29, 1.82) is 0 Å². The smallest absolute Gasteiger partial charge is 0.189 e. The molecule has 0 saturated heterocycles. The molecule has 0 aromatic heterocycles. The third kappa shape index (κ3) is 3.26. The Balaban J connectivity index is 2.35. The highest BCUT2D eigenvalue weighted by molar-refractivity contribution is 9.10. The number of phenolic OH excluding ortho intramolecular Hbond substituents is 2. The molecule has 0 bridgehead atoms. The highest BCUT2D eigenvalue weighted by atomic mass is 79.9. The number of halogens is 2. The second-order valence-corrected chi connectivity index (χ2v) is 5.61. The maximum absolute atomic E-state index is 12.1. The number of hydrogen-bond donors (Lipinski definition) is 2. The molecule has 4 nitrogen and oxygen atoms in total. The predicted octanol–water partition coefficient (Wildman–Crippen LogP) is 4.42. The third-order valence-electron chi connectivity index (χ3n) is 2.98. The van der Waals surface area contributed by atoms with E-state index < -0.39 is 5.78 Å². The van der Waals surface area contributed by atoms with Gasteiger partial charge in [-0.1, -0.05) is 17.7 Å². The zero-order valence-electron chi connectivity index (χ0n) is 11.5. The lowest BCUT2D eigenvalue weighted by Gasteiger charge is -2.08. The van der Waals surface area contributed by atoms with E-state index in [1.807, 2.05) is 0 Å². The molecule has 0 saturated carbocycles. The Labute approximate surface area is 140 Å². The van der Waals surface area contributed by atoms with E-state index >= 15 is 0 Å². The van der Waals surface area contributed by atoms with E-state index in [1.165, 1.54) is 31.4 Å². The largest absolute Gasteiger partial charge is 0.506 e. The Bertz CT molecular complexity index is 756. The first-order valence-electron chi connectivity index (χ1n) is 6.21. The van der Waals surface area contributed by atoms with E-state index in [0.717, 1.165) is 0 Å². The molecular formula is C16H12BrClO4. The molecule has 2 aromatic rings. The van der Waals surface area contributed by atoms with Crippen LogP contribution in [0.4, 0.5) is 0 Å². The minimum Gasteiger partial charge on any atom is -0.506 e. The molecule has 2 rings (SSSR count). The Hall–Kier alpha value is -1.98. The molecule has 0 atom stereocenters. The molecule has 0 radical (unpaired) electrons. The standard InChI is InChI=1S/C16H12BrClO4/c1-22-16-9(5-7-11(17)15(16)21)6-8-13(19)10-3-2-4-12(18)14(10)20/h2-8,20-21H,1H3/b8-6+. The first kappa shape index (κ1) is 16.4. The summed E-state index contributed by atoms with van der Waals surface area (Å²) in [6, 6.07) is 7.87. The van der Waals surface area contributed by atoms with Crippen molar-refractivity contribution in [3.05, 3.63) is 57.0 Å². The number of carbonyl (C=O) groups excluding carboxylic acids is 1. The second kappa shape index (κ2) is 6.85. The van der Waals surface area contributed by atoms with Crippen LogP contribution in [0.1, 0.15) is 15.9 Å². The predicted molar refractivity (Wildman–Crippen MR) is 88.8 cm³/mol. The Morgan fingerprint density at radius 1 is 1.23 bits per heavy atom. The fraction of sp³-hybridized carbons (Fsp3) is 0.0625. The Morgan fingerprint density at radius 3 is 2.64 bits per heavy atom. The molecule has 0 heterocycles. The summed E-state index contributed by atoms with van der Waals surface area (Å²) in [5.41, 5.74) is 0.627. The number of hydrogen-bond acceptors (Lipinski definition) is 4. The van der Waals surface area contributed by atoms with Gasteiger partial charge in [0, 0.05) is 5.56 Å². The number of para-hydroxylation sites is 1. The topological polar surface area (TPSA) is 66.8 Å². The van der Waals surface area contributed by atoms with E-state index in [-0.39, 0.29) is 27.8 Å². The van der Waals surface area contributed by atoms with Crippen LogP contribution in [0, 0.1) is 0 Å². The van der Waals surface area contributed by atoms with E-state index in [9.17, 15) is 15.0 Å². The normalized spacial score (nSPS) is 10.9. The van der Waals surface area contributed by atoms with Gasteiger partial charge in [-0.3, -0.25) is 4.79 Å². The van der Waals surface area contributed by atoms with Crippen molar-refractivity contribution in [3.63, 3.8) is 0 Å². The van der Waals surface area contributed by atoms with E-state index in [4.69, 9.17) is 16.3 Å². The Morgan fingerprint density at radius 2 is 1.95 bits per heavy atom. The van der Waals surface area contributed by atoms with E-state index in [2.05, 4.69) is 15.9 Å². The van der Waals surface area contributed by atoms with Gasteiger partial charge in [0.1, 0.15) is 5.75 Å². The SMILES string of the molecule is COc1c(/C=C/C(=O)c2cccc(Cl)c2O)ccc(Br)c1O. The van der Waals surface area contributed by atoms with Crippen molar-refractivity contribution in [2.45, 2.75) is 0 Å². The maximum Gasteiger partial charge on any atom is 0.189 e. The molecule has 0 aliphatic heterocycles. The molecule has 0 aliphatic carbocycles. The van der Waals surface area contributed by atoms with Gasteiger partial charge in [0.25, 0.3) is 0 Å². The molecular weight excluding hydrogens is 372 g/mol. The van der Waals surface area contributed by atoms with Crippen LogP contribution in [0.2, 0.25) is 5.02 Å². The van der Waals surface area contributed by atoms with Gasteiger partial charge in [-0.25, -0.2) is 0 Å². The van der Waals surface area contributed by atoms with E-state index in [0.29, 0.717) is 10.0 Å². The summed E-state index contributed by atoms with van der Waals surface area (Å²) in [4.78, 5) is 12.1. The molecule has 6 heteroatoms. The summed E-state index contributed by atoms with van der Waals surface area (Å²) in [5.74, 6) is -0.481. The minimum absolute atomic E-state index is 0.0531. The van der Waals surface area contributed by atoms with Crippen LogP contribution in [0.15, 0.2) is 40.9 Å². The Kier molecular flexibility index (Phi) is 5.11. The number of rotatable bonds is 4. The lowest BCUT2D eigenvalue weighted by Crippen LogP contribution is -1.95. The zero-order chi connectivity index (χ0) is 16.3. The van der Waals surface area contributed by atoms with Crippen molar-refractivity contribution in [2.24, 2.45) is 0 Å². The number of benzene rings is 2. The van der Waals surface area contributed by atoms with Gasteiger partial charge in [-0.2, -0.15) is 0 Å². The number of allylic oxidation sites excluding steroid dienone is 1. The summed E-state index contributed by atoms with van der Waals surface area (Å²) in [7, 11) is 1.42. The van der Waals surface area contributed by atoms with E-state index in [1.54, 1.807) is 18.2 Å². The van der Waals surface area contributed by atoms with Gasteiger partial charge in [-0.15, -0.1) is 0 Å². The molecule has 0 fully saturated rings. The maximum atomic E-state index is 12.1. The minimum atomic E-state index is -0.413. The average molecular weight is 384 g/mol. The quantitative estimate of drug-likeness (QED) is 0.606. The highest BCUT2D eigenvalue weighted by Crippen LogP contribution is 2.37. The number of phenols is 2. The fourth-order valence-electron chi connectivity index (χ4n) is 1.88. The van der Waals surface area contributed by atoms with Crippen LogP contribution in [-0.2, 0) is 0 Å². The van der Waals surface area contributed by atoms with Gasteiger partial charge in [0.15, 0.2) is 17.3 Å². The first-order valence-corrected chi connectivity index (χ1v) is 7.38. The second-order valence-electron chi connectivity index (χ2n) is 4.35. The monoisotopic (exact) mass is 382 g/mol. The van der Waals surface area contributed by atoms with Crippen LogP contribution in [0.25, 0.3) is 6.08 Å². The molecule has 0 aliphatic rings. The van der Waals surface area contributed by atoms with Crippen LogP contribution in [-0.4, -0.2) is 23.1 Å². The third-order valence-corrected chi connectivity index (χ3v) is 3.93. The van der Waals surface area contributed by atoms with Gasteiger partial charge < -0.3 is 14.9 Å². The van der Waals surface area contributed by atoms with Crippen LogP contribution >= 0.6 is 27.5 Å². The zero-order valence-corrected chi connectivity index (χ0v) is 13.9. The summed E-state index contributed by atoms with van der Waals surface area (Å²) >= 11 is 8.96. The van der Waals surface area contributed by atoms with Crippen LogP contribution in [0.5, 0.6) is 17.2 Å². The van der Waals surface area contributed by atoms with Gasteiger partial charge in [0.2, 0.25) is 0 Å². The van der Waals surface area contributed by atoms with Gasteiger partial charge in [0.05, 0.1) is 22.2 Å². The average Bonchev–Trinajstić information content (AvgIpc) is 2.51. The van der Waals surface area contributed by atoms with Crippen molar-refractivity contribution in [3.8, 4) is 17.2 Å². The first-order chi connectivity index (χ1) is 10.5. The van der Waals surface area contributed by atoms with Gasteiger partial charge >= 0.3 is 0 Å². The highest BCUT2D eigenvalue weighted by Gasteiger charge is 2.13. The van der Waals surface area contributed by atoms with Crippen molar-refractivity contribution in [2.75, 3.05) is 7.11 Å². The lowest BCUT2D eigenvalue weighted by molar-refractivity contribution is 0.104. The number of carbonyl (C=O) groups is 1. The summed E-state index contributed by atoms with van der Waals surface area (Å²) in [6.07, 6.45) is 2.77. The number of methoxy groups -OCH3 is 1. The molecule has 0 unspecified atom stereocenters. The summed E-state index contributed by atoms with van der Waals surface area (Å²) in [6.45, 7) is 0. The molecule has 114 valence electrons. The van der Waals surface area contributed by atoms with Crippen molar-refractivity contribution in [1.82, 2.24) is 0 Å². The van der Waals surface area contributed by atoms with Crippen LogP contribution in [0.3, 0.4) is 0 Å². The molecule has 0 spiro atoms.